The quantitative estimate of drug-likeness (QED) is 0.626. The Morgan fingerprint density at radius 3 is 2.89 bits per heavy atom. The van der Waals surface area contributed by atoms with Crippen LogP contribution in [0.5, 0.6) is 11.8 Å². The van der Waals surface area contributed by atoms with Crippen LogP contribution in [0.4, 0.5) is 5.69 Å². The van der Waals surface area contributed by atoms with E-state index in [0.717, 1.165) is 25.8 Å². The van der Waals surface area contributed by atoms with Crippen LogP contribution in [0.15, 0.2) is 6.33 Å². The number of hydrogen-bond acceptors (Lipinski definition) is 7. The lowest BCUT2D eigenvalue weighted by Gasteiger charge is -2.23. The molecule has 1 atom stereocenters. The molecule has 0 amide bonds. The normalized spacial score (nSPS) is 18.9. The fourth-order valence-corrected chi connectivity index (χ4v) is 2.00. The van der Waals surface area contributed by atoms with Crippen molar-refractivity contribution >= 4 is 5.69 Å². The van der Waals surface area contributed by atoms with Gasteiger partial charge in [-0.3, -0.25) is 10.1 Å². The first-order valence-corrected chi connectivity index (χ1v) is 6.12. The van der Waals surface area contributed by atoms with Crippen molar-refractivity contribution in [2.24, 2.45) is 0 Å². The lowest BCUT2D eigenvalue weighted by atomic mass is 10.1. The summed E-state index contributed by atoms with van der Waals surface area (Å²) in [7, 11) is 1.32. The zero-order chi connectivity index (χ0) is 13.7. The number of piperidine rings is 1. The molecule has 104 valence electrons. The first kappa shape index (κ1) is 13.5. The molecule has 0 saturated carbocycles. The van der Waals surface area contributed by atoms with Gasteiger partial charge in [-0.15, -0.1) is 0 Å². The number of hydrogen-bond donors (Lipinski definition) is 1. The van der Waals surface area contributed by atoms with E-state index in [1.54, 1.807) is 0 Å². The molecular formula is C11H16N4O4. The van der Waals surface area contributed by atoms with E-state index in [0.29, 0.717) is 6.61 Å². The van der Waals surface area contributed by atoms with Gasteiger partial charge in [0.05, 0.1) is 12.0 Å². The topological polar surface area (TPSA) is 99.4 Å². The molecule has 8 heteroatoms. The molecule has 0 radical (unpaired) electrons. The van der Waals surface area contributed by atoms with Gasteiger partial charge in [0.15, 0.2) is 0 Å². The second-order valence-corrected chi connectivity index (χ2v) is 4.25. The van der Waals surface area contributed by atoms with E-state index >= 15 is 0 Å². The van der Waals surface area contributed by atoms with Crippen molar-refractivity contribution in [3.63, 3.8) is 0 Å². The number of nitrogens with zero attached hydrogens (tertiary/aromatic N) is 3. The monoisotopic (exact) mass is 268 g/mol. The van der Waals surface area contributed by atoms with E-state index in [4.69, 9.17) is 9.47 Å². The Bertz CT molecular complexity index is 448. The Balaban J connectivity index is 2.08. The van der Waals surface area contributed by atoms with E-state index in [9.17, 15) is 10.1 Å². The highest BCUT2D eigenvalue weighted by Gasteiger charge is 2.26. The molecule has 0 bridgehead atoms. The molecule has 19 heavy (non-hydrogen) atoms. The van der Waals surface area contributed by atoms with Gasteiger partial charge in [0, 0.05) is 6.04 Å². The highest BCUT2D eigenvalue weighted by Crippen LogP contribution is 2.32. The lowest BCUT2D eigenvalue weighted by Crippen LogP contribution is -2.38. The molecule has 8 nitrogen and oxygen atoms in total. The first-order chi connectivity index (χ1) is 9.22. The minimum atomic E-state index is -0.595. The minimum Gasteiger partial charge on any atom is -0.476 e. The van der Waals surface area contributed by atoms with Crippen LogP contribution in [0.2, 0.25) is 0 Å². The van der Waals surface area contributed by atoms with Gasteiger partial charge in [0.2, 0.25) is 0 Å². The van der Waals surface area contributed by atoms with Crippen molar-refractivity contribution in [3.05, 3.63) is 16.4 Å². The maximum Gasteiger partial charge on any atom is 0.392 e. The summed E-state index contributed by atoms with van der Waals surface area (Å²) in [6.07, 6.45) is 4.47. The summed E-state index contributed by atoms with van der Waals surface area (Å²) in [5.74, 6) is -0.143. The van der Waals surface area contributed by atoms with Gasteiger partial charge in [-0.2, -0.15) is 9.97 Å². The smallest absolute Gasteiger partial charge is 0.392 e. The largest absolute Gasteiger partial charge is 0.476 e. The fourth-order valence-electron chi connectivity index (χ4n) is 2.00. The average molecular weight is 268 g/mol. The van der Waals surface area contributed by atoms with Gasteiger partial charge >= 0.3 is 17.4 Å². The maximum atomic E-state index is 11.0. The van der Waals surface area contributed by atoms with Crippen LogP contribution in [0.25, 0.3) is 0 Å². The number of methoxy groups -OCH3 is 1. The number of rotatable bonds is 5. The van der Waals surface area contributed by atoms with Crippen LogP contribution in [0.3, 0.4) is 0 Å². The third kappa shape index (κ3) is 3.28. The summed E-state index contributed by atoms with van der Waals surface area (Å²) in [6.45, 7) is 1.30. The summed E-state index contributed by atoms with van der Waals surface area (Å²) < 4.78 is 10.3. The average Bonchev–Trinajstić information content (AvgIpc) is 2.45. The molecule has 1 aromatic heterocycles. The predicted octanol–water partition coefficient (Wildman–Crippen LogP) is 0.914. The molecule has 1 aliphatic heterocycles. The molecular weight excluding hydrogens is 252 g/mol. The molecule has 0 aromatic carbocycles. The molecule has 2 rings (SSSR count). The SMILES string of the molecule is COc1ncnc(OCC2CCCCN2)c1[N+](=O)[O-]. The highest BCUT2D eigenvalue weighted by molar-refractivity contribution is 5.48. The molecule has 2 heterocycles. The zero-order valence-electron chi connectivity index (χ0n) is 10.7. The van der Waals surface area contributed by atoms with Gasteiger partial charge in [-0.05, 0) is 19.4 Å². The van der Waals surface area contributed by atoms with Gasteiger partial charge in [-0.1, -0.05) is 6.42 Å². The van der Waals surface area contributed by atoms with Gasteiger partial charge < -0.3 is 14.8 Å². The standard InChI is InChI=1S/C11H16N4O4/c1-18-10-9(15(16)17)11(14-7-13-10)19-6-8-4-2-3-5-12-8/h7-8,12H,2-6H2,1H3. The van der Waals surface area contributed by atoms with Gasteiger partial charge in [0.25, 0.3) is 0 Å². The predicted molar refractivity (Wildman–Crippen MR) is 66.4 cm³/mol. The molecule has 1 N–H and O–H groups in total. The van der Waals surface area contributed by atoms with Gasteiger partial charge in [-0.25, -0.2) is 0 Å². The Kier molecular flexibility index (Phi) is 4.45. The van der Waals surface area contributed by atoms with Crippen LogP contribution >= 0.6 is 0 Å². The number of aromatic nitrogens is 2. The molecule has 0 aliphatic carbocycles. The van der Waals surface area contributed by atoms with Crippen LogP contribution in [-0.2, 0) is 0 Å². The molecule has 1 aliphatic rings. The Morgan fingerprint density at radius 1 is 1.47 bits per heavy atom. The summed E-state index contributed by atoms with van der Waals surface area (Å²) >= 11 is 0. The zero-order valence-corrected chi connectivity index (χ0v) is 10.7. The van der Waals surface area contributed by atoms with E-state index < -0.39 is 4.92 Å². The Labute approximate surface area is 110 Å². The molecule has 1 unspecified atom stereocenters. The molecule has 1 saturated heterocycles. The third-order valence-electron chi connectivity index (χ3n) is 2.96. The van der Waals surface area contributed by atoms with Crippen LogP contribution in [0.1, 0.15) is 19.3 Å². The van der Waals surface area contributed by atoms with Crippen molar-refractivity contribution in [1.29, 1.82) is 0 Å². The van der Waals surface area contributed by atoms with Gasteiger partial charge in [0.1, 0.15) is 12.9 Å². The second kappa shape index (κ2) is 6.28. The number of nitrogens with one attached hydrogen (secondary N) is 1. The third-order valence-corrected chi connectivity index (χ3v) is 2.96. The molecule has 0 spiro atoms. The summed E-state index contributed by atoms with van der Waals surface area (Å²) in [6, 6.07) is 0.203. The lowest BCUT2D eigenvalue weighted by molar-refractivity contribution is -0.387. The van der Waals surface area contributed by atoms with Crippen LogP contribution in [0, 0.1) is 10.1 Å². The van der Waals surface area contributed by atoms with Crippen molar-refractivity contribution < 1.29 is 14.4 Å². The van der Waals surface area contributed by atoms with E-state index in [1.165, 1.54) is 13.4 Å². The van der Waals surface area contributed by atoms with E-state index in [2.05, 4.69) is 15.3 Å². The van der Waals surface area contributed by atoms with E-state index in [1.807, 2.05) is 0 Å². The van der Waals surface area contributed by atoms with Crippen molar-refractivity contribution in [3.8, 4) is 11.8 Å². The highest BCUT2D eigenvalue weighted by atomic mass is 16.6. The van der Waals surface area contributed by atoms with E-state index in [-0.39, 0.29) is 23.5 Å². The summed E-state index contributed by atoms with van der Waals surface area (Å²) in [5, 5.41) is 14.3. The summed E-state index contributed by atoms with van der Waals surface area (Å²) in [4.78, 5) is 17.9. The minimum absolute atomic E-state index is 0.0516. The van der Waals surface area contributed by atoms with Crippen molar-refractivity contribution in [2.75, 3.05) is 20.3 Å². The maximum absolute atomic E-state index is 11.0. The van der Waals surface area contributed by atoms with Crippen molar-refractivity contribution in [1.82, 2.24) is 15.3 Å². The van der Waals surface area contributed by atoms with Crippen molar-refractivity contribution in [2.45, 2.75) is 25.3 Å². The Morgan fingerprint density at radius 2 is 2.26 bits per heavy atom. The van der Waals surface area contributed by atoms with Crippen LogP contribution < -0.4 is 14.8 Å². The Hall–Kier alpha value is -1.96. The molecule has 1 aromatic rings. The second-order valence-electron chi connectivity index (χ2n) is 4.25. The fraction of sp³-hybridized carbons (Fsp3) is 0.636. The number of nitro groups is 1. The first-order valence-electron chi connectivity index (χ1n) is 6.12. The summed E-state index contributed by atoms with van der Waals surface area (Å²) in [5.41, 5.74) is -0.333. The molecule has 1 fully saturated rings. The van der Waals surface area contributed by atoms with Crippen LogP contribution in [-0.4, -0.2) is 41.2 Å². The number of ether oxygens (including phenoxy) is 2.